The van der Waals surface area contributed by atoms with E-state index in [0.29, 0.717) is 38.6 Å². The summed E-state index contributed by atoms with van der Waals surface area (Å²) in [5, 5.41) is 5.28. The summed E-state index contributed by atoms with van der Waals surface area (Å²) >= 11 is 13.4. The van der Waals surface area contributed by atoms with Crippen LogP contribution in [-0.4, -0.2) is 21.6 Å². The van der Waals surface area contributed by atoms with Gasteiger partial charge in [-0.05, 0) is 30.3 Å². The van der Waals surface area contributed by atoms with Crippen molar-refractivity contribution >= 4 is 68.6 Å². The number of aromatic nitrogens is 2. The van der Waals surface area contributed by atoms with Gasteiger partial charge in [-0.2, -0.15) is 0 Å². The molecule has 0 spiro atoms. The number of amides is 1. The summed E-state index contributed by atoms with van der Waals surface area (Å²) in [4.78, 5) is 21.6. The van der Waals surface area contributed by atoms with Gasteiger partial charge >= 0.3 is 0 Å². The number of fused-ring (bicyclic) bond motifs is 3. The zero-order valence-electron chi connectivity index (χ0n) is 14.8. The number of hydrogen-bond acceptors (Lipinski definition) is 5. The topological polar surface area (TPSA) is 68.0 Å². The van der Waals surface area contributed by atoms with Crippen molar-refractivity contribution in [1.82, 2.24) is 9.97 Å². The van der Waals surface area contributed by atoms with E-state index in [4.69, 9.17) is 27.6 Å². The van der Waals surface area contributed by atoms with Gasteiger partial charge in [0.15, 0.2) is 5.58 Å². The Morgan fingerprint density at radius 2 is 2.00 bits per heavy atom. The molecule has 0 aliphatic rings. The lowest BCUT2D eigenvalue weighted by atomic mass is 10.2. The second-order valence-electron chi connectivity index (χ2n) is 6.04. The Labute approximate surface area is 175 Å². The summed E-state index contributed by atoms with van der Waals surface area (Å²) in [5.41, 5.74) is 2.59. The lowest BCUT2D eigenvalue weighted by Crippen LogP contribution is -2.14. The number of anilines is 1. The molecule has 28 heavy (non-hydrogen) atoms. The number of thioether (sulfide) groups is 1. The molecule has 4 rings (SSSR count). The van der Waals surface area contributed by atoms with Crippen molar-refractivity contribution in [1.29, 1.82) is 0 Å². The molecule has 2 heterocycles. The molecule has 0 aliphatic heterocycles. The molecule has 0 fully saturated rings. The molecule has 1 N–H and O–H groups in total. The van der Waals surface area contributed by atoms with Gasteiger partial charge < -0.3 is 9.73 Å². The number of rotatable bonds is 5. The largest absolute Gasteiger partial charge is 0.451 e. The number of carbonyl (C=O) groups is 1. The van der Waals surface area contributed by atoms with Crippen LogP contribution in [0.25, 0.3) is 22.1 Å². The fourth-order valence-corrected chi connectivity index (χ4v) is 3.90. The minimum absolute atomic E-state index is 0.148. The number of para-hydroxylation sites is 1. The number of furan rings is 1. The van der Waals surface area contributed by atoms with Gasteiger partial charge in [-0.1, -0.05) is 54.0 Å². The van der Waals surface area contributed by atoms with Crippen LogP contribution in [-0.2, 0) is 11.2 Å². The lowest BCUT2D eigenvalue weighted by molar-refractivity contribution is -0.113. The molecule has 1 amide bonds. The van der Waals surface area contributed by atoms with E-state index in [9.17, 15) is 4.79 Å². The van der Waals surface area contributed by atoms with Crippen molar-refractivity contribution in [2.24, 2.45) is 0 Å². The summed E-state index contributed by atoms with van der Waals surface area (Å²) in [6, 6.07) is 12.6. The summed E-state index contributed by atoms with van der Waals surface area (Å²) in [7, 11) is 0. The van der Waals surface area contributed by atoms with Gasteiger partial charge in [-0.15, -0.1) is 0 Å². The molecule has 5 nitrogen and oxygen atoms in total. The van der Waals surface area contributed by atoms with Crippen LogP contribution in [0.5, 0.6) is 0 Å². The monoisotopic (exact) mass is 431 g/mol. The van der Waals surface area contributed by atoms with Crippen LogP contribution >= 0.6 is 35.0 Å². The van der Waals surface area contributed by atoms with Crippen molar-refractivity contribution in [2.75, 3.05) is 11.1 Å². The summed E-state index contributed by atoms with van der Waals surface area (Å²) in [5.74, 6) is 0.643. The molecule has 0 radical (unpaired) electrons. The SMILES string of the molecule is CCc1nc(SCC(=O)Nc2cc(Cl)ccc2Cl)c2oc3ccccc3c2n1. The van der Waals surface area contributed by atoms with E-state index < -0.39 is 0 Å². The number of benzene rings is 2. The average molecular weight is 432 g/mol. The summed E-state index contributed by atoms with van der Waals surface area (Å²) in [6.07, 6.45) is 0.688. The number of nitrogens with one attached hydrogen (secondary N) is 1. The van der Waals surface area contributed by atoms with E-state index in [2.05, 4.69) is 15.3 Å². The fraction of sp³-hybridized carbons (Fsp3) is 0.150. The van der Waals surface area contributed by atoms with Gasteiger partial charge in [0, 0.05) is 16.8 Å². The minimum atomic E-state index is -0.213. The molecule has 142 valence electrons. The van der Waals surface area contributed by atoms with Gasteiger partial charge in [0.1, 0.15) is 22.0 Å². The molecule has 0 saturated heterocycles. The molecular formula is C20H15Cl2N3O2S. The third-order valence-corrected chi connectivity index (χ3v) is 5.62. The van der Waals surface area contributed by atoms with E-state index in [0.717, 1.165) is 16.5 Å². The van der Waals surface area contributed by atoms with Crippen LogP contribution in [0.4, 0.5) is 5.69 Å². The summed E-state index contributed by atoms with van der Waals surface area (Å²) < 4.78 is 5.95. The average Bonchev–Trinajstić information content (AvgIpc) is 3.07. The Morgan fingerprint density at radius 3 is 2.82 bits per heavy atom. The molecule has 0 bridgehead atoms. The Bertz CT molecular complexity index is 1190. The van der Waals surface area contributed by atoms with Gasteiger partial charge in [0.05, 0.1) is 16.5 Å². The van der Waals surface area contributed by atoms with Crippen LogP contribution in [0.2, 0.25) is 10.0 Å². The number of nitrogens with zero attached hydrogens (tertiary/aromatic N) is 2. The van der Waals surface area contributed by atoms with Crippen molar-refractivity contribution in [3.63, 3.8) is 0 Å². The number of carbonyl (C=O) groups excluding carboxylic acids is 1. The normalized spacial score (nSPS) is 11.2. The number of aryl methyl sites for hydroxylation is 1. The third kappa shape index (κ3) is 3.81. The molecule has 4 aromatic rings. The van der Waals surface area contributed by atoms with Gasteiger partial charge in [-0.3, -0.25) is 4.79 Å². The van der Waals surface area contributed by atoms with Crippen LogP contribution in [0.1, 0.15) is 12.7 Å². The molecule has 8 heteroatoms. The zero-order chi connectivity index (χ0) is 19.7. The molecule has 2 aromatic carbocycles. The first-order valence-electron chi connectivity index (χ1n) is 8.61. The number of halogens is 2. The first-order chi connectivity index (χ1) is 13.5. The lowest BCUT2D eigenvalue weighted by Gasteiger charge is -2.08. The smallest absolute Gasteiger partial charge is 0.234 e. The Hall–Kier alpha value is -2.28. The maximum atomic E-state index is 12.4. The van der Waals surface area contributed by atoms with Crippen molar-refractivity contribution in [3.8, 4) is 0 Å². The highest BCUT2D eigenvalue weighted by molar-refractivity contribution is 8.00. The zero-order valence-corrected chi connectivity index (χ0v) is 17.2. The van der Waals surface area contributed by atoms with E-state index in [1.807, 2.05) is 31.2 Å². The Balaban J connectivity index is 1.60. The second kappa shape index (κ2) is 7.99. The second-order valence-corrected chi connectivity index (χ2v) is 7.84. The molecule has 0 unspecified atom stereocenters. The van der Waals surface area contributed by atoms with Crippen molar-refractivity contribution in [2.45, 2.75) is 18.4 Å². The molecule has 0 aliphatic carbocycles. The highest BCUT2D eigenvalue weighted by Gasteiger charge is 2.17. The molecule has 2 aromatic heterocycles. The first kappa shape index (κ1) is 19.1. The van der Waals surface area contributed by atoms with E-state index in [1.165, 1.54) is 11.8 Å². The van der Waals surface area contributed by atoms with Gasteiger partial charge in [0.25, 0.3) is 0 Å². The maximum Gasteiger partial charge on any atom is 0.234 e. The quantitative estimate of drug-likeness (QED) is 0.311. The number of hydrogen-bond donors (Lipinski definition) is 1. The van der Waals surface area contributed by atoms with Crippen LogP contribution < -0.4 is 5.32 Å². The van der Waals surface area contributed by atoms with Crippen LogP contribution in [0.3, 0.4) is 0 Å². The van der Waals surface area contributed by atoms with Gasteiger partial charge in [0.2, 0.25) is 5.91 Å². The van der Waals surface area contributed by atoms with Gasteiger partial charge in [-0.25, -0.2) is 9.97 Å². The van der Waals surface area contributed by atoms with Crippen molar-refractivity contribution < 1.29 is 9.21 Å². The predicted octanol–water partition coefficient (Wildman–Crippen LogP) is 5.98. The maximum absolute atomic E-state index is 12.4. The third-order valence-electron chi connectivity index (χ3n) is 4.09. The standard InChI is InChI=1S/C20H15Cl2N3O2S/c1-2-16-24-18-12-5-3-4-6-15(12)27-19(18)20(25-16)28-10-17(26)23-14-9-11(21)7-8-13(14)22/h3-9H,2,10H2,1H3,(H,23,26). The van der Waals surface area contributed by atoms with E-state index in [-0.39, 0.29) is 11.7 Å². The van der Waals surface area contributed by atoms with E-state index >= 15 is 0 Å². The minimum Gasteiger partial charge on any atom is -0.451 e. The molecular weight excluding hydrogens is 417 g/mol. The first-order valence-corrected chi connectivity index (χ1v) is 10.3. The summed E-state index contributed by atoms with van der Waals surface area (Å²) in [6.45, 7) is 1.99. The van der Waals surface area contributed by atoms with Crippen LogP contribution in [0.15, 0.2) is 51.9 Å². The highest BCUT2D eigenvalue weighted by Crippen LogP contribution is 2.33. The molecule has 0 atom stereocenters. The molecule has 0 saturated carbocycles. The Morgan fingerprint density at radius 1 is 1.18 bits per heavy atom. The highest BCUT2D eigenvalue weighted by atomic mass is 35.5. The van der Waals surface area contributed by atoms with Crippen molar-refractivity contribution in [3.05, 3.63) is 58.3 Å². The van der Waals surface area contributed by atoms with Crippen LogP contribution in [0, 0.1) is 0 Å². The van der Waals surface area contributed by atoms with E-state index in [1.54, 1.807) is 18.2 Å². The predicted molar refractivity (Wildman–Crippen MR) is 115 cm³/mol. The fourth-order valence-electron chi connectivity index (χ4n) is 2.78. The Kier molecular flexibility index (Phi) is 5.44.